The summed E-state index contributed by atoms with van der Waals surface area (Å²) in [5.41, 5.74) is 12.7. The highest BCUT2D eigenvalue weighted by Crippen LogP contribution is 2.39. The Morgan fingerprint density at radius 3 is 2.00 bits per heavy atom. The maximum absolute atomic E-state index is 6.33. The summed E-state index contributed by atoms with van der Waals surface area (Å²) in [6.07, 6.45) is 14.6. The van der Waals surface area contributed by atoms with Crippen molar-refractivity contribution in [3.8, 4) is 22.6 Å². The van der Waals surface area contributed by atoms with Gasteiger partial charge in [-0.1, -0.05) is 133 Å². The molecule has 0 spiro atoms. The molecular weight excluding hydrogens is 609 g/mol. The second kappa shape index (κ2) is 13.0. The van der Waals surface area contributed by atoms with Crippen molar-refractivity contribution < 1.29 is 4.42 Å². The third-order valence-corrected chi connectivity index (χ3v) is 9.98. The normalized spacial score (nSPS) is 15.8. The molecule has 0 amide bonds. The van der Waals surface area contributed by atoms with Crippen LogP contribution >= 0.6 is 0 Å². The number of hydrogen-bond acceptors (Lipinski definition) is 3. The molecule has 0 saturated heterocycles. The van der Waals surface area contributed by atoms with Crippen molar-refractivity contribution in [1.29, 1.82) is 0 Å². The van der Waals surface area contributed by atoms with Gasteiger partial charge in [0, 0.05) is 33.9 Å². The minimum absolute atomic E-state index is 0.412. The Morgan fingerprint density at radius 2 is 1.30 bits per heavy atom. The standard InChI is InChI=1S/C47H36N2O/c1-4-12-33(13-5-1)35-24-28-40(29-25-35)49(39-16-8-3-9-17-39)41-30-26-36(27-31-41)34-20-22-37(23-21-34)44-32-45-46(43-19-11-10-18-42(43)44)48-47(50-45)38-14-6-2-7-15-38/h1-24,26,28-30,32,35H,25,27,31H2. The van der Waals surface area contributed by atoms with Gasteiger partial charge in [-0.3, -0.25) is 0 Å². The first-order valence-corrected chi connectivity index (χ1v) is 17.5. The second-order valence-electron chi connectivity index (χ2n) is 13.0. The summed E-state index contributed by atoms with van der Waals surface area (Å²) in [5, 5.41) is 2.27. The number of allylic oxidation sites excluding steroid dienone is 7. The maximum Gasteiger partial charge on any atom is 0.227 e. The van der Waals surface area contributed by atoms with Crippen LogP contribution in [0.5, 0.6) is 0 Å². The van der Waals surface area contributed by atoms with E-state index in [4.69, 9.17) is 9.40 Å². The van der Waals surface area contributed by atoms with Gasteiger partial charge < -0.3 is 9.32 Å². The molecule has 0 N–H and O–H groups in total. The maximum atomic E-state index is 6.33. The molecule has 2 aliphatic carbocycles. The highest BCUT2D eigenvalue weighted by molar-refractivity contribution is 6.11. The highest BCUT2D eigenvalue weighted by Gasteiger charge is 2.22. The number of benzene rings is 6. The number of anilines is 1. The minimum atomic E-state index is 0.412. The predicted molar refractivity (Wildman–Crippen MR) is 208 cm³/mol. The smallest absolute Gasteiger partial charge is 0.227 e. The van der Waals surface area contributed by atoms with Gasteiger partial charge in [0.2, 0.25) is 5.89 Å². The van der Waals surface area contributed by atoms with Gasteiger partial charge in [-0.05, 0) is 95.0 Å². The van der Waals surface area contributed by atoms with Crippen LogP contribution in [0.4, 0.5) is 5.69 Å². The van der Waals surface area contributed by atoms with Gasteiger partial charge in [-0.25, -0.2) is 4.98 Å². The van der Waals surface area contributed by atoms with Crippen molar-refractivity contribution >= 4 is 33.1 Å². The molecule has 1 aromatic heterocycles. The summed E-state index contributed by atoms with van der Waals surface area (Å²) in [6, 6.07) is 51.3. The molecule has 0 fully saturated rings. The zero-order chi connectivity index (χ0) is 33.3. The molecule has 9 rings (SSSR count). The van der Waals surface area contributed by atoms with Crippen LogP contribution in [0.3, 0.4) is 0 Å². The van der Waals surface area contributed by atoms with E-state index >= 15 is 0 Å². The second-order valence-corrected chi connectivity index (χ2v) is 13.0. The molecule has 1 atom stereocenters. The molecule has 50 heavy (non-hydrogen) atoms. The molecule has 3 heteroatoms. The van der Waals surface area contributed by atoms with E-state index in [2.05, 4.69) is 151 Å². The van der Waals surface area contributed by atoms with E-state index in [0.29, 0.717) is 11.8 Å². The van der Waals surface area contributed by atoms with Crippen LogP contribution in [0.25, 0.3) is 50.0 Å². The molecule has 2 aliphatic rings. The van der Waals surface area contributed by atoms with Crippen molar-refractivity contribution in [2.75, 3.05) is 4.90 Å². The summed E-state index contributed by atoms with van der Waals surface area (Å²) >= 11 is 0. The molecule has 240 valence electrons. The topological polar surface area (TPSA) is 29.3 Å². The Balaban J connectivity index is 1.01. The first kappa shape index (κ1) is 29.9. The van der Waals surface area contributed by atoms with Gasteiger partial charge in [-0.2, -0.15) is 0 Å². The van der Waals surface area contributed by atoms with Gasteiger partial charge in [-0.15, -0.1) is 0 Å². The Bertz CT molecular complexity index is 2430. The van der Waals surface area contributed by atoms with Crippen LogP contribution in [0.2, 0.25) is 0 Å². The molecule has 1 heterocycles. The van der Waals surface area contributed by atoms with Gasteiger partial charge >= 0.3 is 0 Å². The average molecular weight is 645 g/mol. The Hall–Kier alpha value is -6.19. The van der Waals surface area contributed by atoms with E-state index in [-0.39, 0.29) is 0 Å². The molecule has 6 aromatic carbocycles. The van der Waals surface area contributed by atoms with E-state index in [1.54, 1.807) is 0 Å². The van der Waals surface area contributed by atoms with Crippen molar-refractivity contribution in [2.24, 2.45) is 0 Å². The van der Waals surface area contributed by atoms with E-state index in [0.717, 1.165) is 52.4 Å². The molecule has 0 radical (unpaired) electrons. The van der Waals surface area contributed by atoms with Gasteiger partial charge in [0.25, 0.3) is 0 Å². The minimum Gasteiger partial charge on any atom is -0.436 e. The monoisotopic (exact) mass is 644 g/mol. The Kier molecular flexibility index (Phi) is 7.79. The summed E-state index contributed by atoms with van der Waals surface area (Å²) < 4.78 is 6.33. The van der Waals surface area contributed by atoms with Crippen molar-refractivity contribution in [1.82, 2.24) is 4.98 Å². The lowest BCUT2D eigenvalue weighted by molar-refractivity contribution is 0.620. The lowest BCUT2D eigenvalue weighted by atomic mass is 9.90. The summed E-state index contributed by atoms with van der Waals surface area (Å²) in [4.78, 5) is 7.35. The number of oxazole rings is 1. The number of fused-ring (bicyclic) bond motifs is 3. The van der Waals surface area contributed by atoms with E-state index in [1.807, 2.05) is 30.3 Å². The van der Waals surface area contributed by atoms with Crippen molar-refractivity contribution in [2.45, 2.75) is 25.2 Å². The molecule has 0 bridgehead atoms. The van der Waals surface area contributed by atoms with Crippen LogP contribution < -0.4 is 4.90 Å². The fraction of sp³-hybridized carbons (Fsp3) is 0.0851. The summed E-state index contributed by atoms with van der Waals surface area (Å²) in [7, 11) is 0. The molecule has 1 unspecified atom stereocenters. The number of para-hydroxylation sites is 1. The van der Waals surface area contributed by atoms with Crippen LogP contribution in [-0.4, -0.2) is 4.98 Å². The Labute approximate surface area is 292 Å². The molecule has 7 aromatic rings. The van der Waals surface area contributed by atoms with Gasteiger partial charge in [0.1, 0.15) is 5.52 Å². The molecule has 0 saturated carbocycles. The highest BCUT2D eigenvalue weighted by atomic mass is 16.3. The first-order chi connectivity index (χ1) is 24.8. The largest absolute Gasteiger partial charge is 0.436 e. The van der Waals surface area contributed by atoms with Crippen LogP contribution in [0.1, 0.15) is 36.3 Å². The summed E-state index contributed by atoms with van der Waals surface area (Å²) in [6.45, 7) is 0. The summed E-state index contributed by atoms with van der Waals surface area (Å²) in [5.74, 6) is 1.06. The SMILES string of the molecule is C1=CC(c2ccccc2)CC=C1N(C1=CC=C(c2ccc(-c3cc4oc(-c5ccccc5)nc4c4ccccc34)cc2)CC1)c1ccccc1. The van der Waals surface area contributed by atoms with Crippen LogP contribution in [0, 0.1) is 0 Å². The van der Waals surface area contributed by atoms with Crippen LogP contribution in [-0.2, 0) is 0 Å². The lowest BCUT2D eigenvalue weighted by Gasteiger charge is -2.32. The Morgan fingerprint density at radius 1 is 0.620 bits per heavy atom. The number of aromatic nitrogens is 1. The number of nitrogens with zero attached hydrogens (tertiary/aromatic N) is 2. The zero-order valence-electron chi connectivity index (χ0n) is 27.7. The molecular formula is C47H36N2O. The number of rotatable bonds is 7. The van der Waals surface area contributed by atoms with Crippen molar-refractivity contribution in [3.63, 3.8) is 0 Å². The van der Waals surface area contributed by atoms with Crippen molar-refractivity contribution in [3.05, 3.63) is 198 Å². The van der Waals surface area contributed by atoms with Gasteiger partial charge in [0.15, 0.2) is 5.58 Å². The first-order valence-electron chi connectivity index (χ1n) is 17.5. The third-order valence-electron chi connectivity index (χ3n) is 9.98. The average Bonchev–Trinajstić information content (AvgIpc) is 3.64. The predicted octanol–water partition coefficient (Wildman–Crippen LogP) is 12.5. The number of hydrogen-bond donors (Lipinski definition) is 0. The molecule has 3 nitrogen and oxygen atoms in total. The van der Waals surface area contributed by atoms with Gasteiger partial charge in [0.05, 0.1) is 0 Å². The quantitative estimate of drug-likeness (QED) is 0.173. The fourth-order valence-electron chi connectivity index (χ4n) is 7.40. The van der Waals surface area contributed by atoms with E-state index < -0.39 is 0 Å². The fourth-order valence-corrected chi connectivity index (χ4v) is 7.40. The zero-order valence-corrected chi connectivity index (χ0v) is 27.7. The van der Waals surface area contributed by atoms with E-state index in [9.17, 15) is 0 Å². The molecule has 0 aliphatic heterocycles. The van der Waals surface area contributed by atoms with E-state index in [1.165, 1.54) is 39.2 Å². The van der Waals surface area contributed by atoms with Crippen LogP contribution in [0.15, 0.2) is 192 Å². The third kappa shape index (κ3) is 5.67. The lowest BCUT2D eigenvalue weighted by Crippen LogP contribution is -2.23.